The van der Waals surface area contributed by atoms with Crippen molar-refractivity contribution in [1.29, 1.82) is 0 Å². The van der Waals surface area contributed by atoms with Gasteiger partial charge in [0, 0.05) is 5.92 Å². The fourth-order valence-corrected chi connectivity index (χ4v) is 7.60. The Hall–Kier alpha value is -3.75. The number of fused-ring (bicyclic) bond motifs is 5. The number of hydrogen-bond acceptors (Lipinski definition) is 19. The monoisotopic (exact) mass is 705 g/mol. The number of anilines is 2. The van der Waals surface area contributed by atoms with E-state index < -0.39 is 92.4 Å². The van der Waals surface area contributed by atoms with Crippen LogP contribution in [0.25, 0.3) is 22.3 Å². The number of halogens is 1. The Morgan fingerprint density at radius 3 is 2.51 bits per heavy atom. The van der Waals surface area contributed by atoms with Crippen molar-refractivity contribution in [2.75, 3.05) is 31.3 Å². The molecule has 3 fully saturated rings. The van der Waals surface area contributed by atoms with Crippen molar-refractivity contribution in [2.24, 2.45) is 5.92 Å². The quantitative estimate of drug-likeness (QED) is 0.117. The first-order valence-corrected chi connectivity index (χ1v) is 16.2. The van der Waals surface area contributed by atoms with Gasteiger partial charge in [-0.15, -0.1) is 0 Å². The van der Waals surface area contributed by atoms with Gasteiger partial charge in [-0.05, 0) is 0 Å². The Morgan fingerprint density at radius 2 is 1.77 bits per heavy atom. The number of nitrogens with two attached hydrogens (primary N) is 2. The van der Waals surface area contributed by atoms with E-state index in [0.29, 0.717) is 0 Å². The fraction of sp³-hybridized carbons (Fsp3) is 0.524. The SMILES string of the molecule is N.Nc1nc2c(ncn2C2OC3COP(=O)([O-])OC4C(COS(=O)(=O)NC2C3CO)OC(n2cnc3c(N)ncnc32)C4F)c(=O)[nH]1. The van der Waals surface area contributed by atoms with Crippen LogP contribution in [0.3, 0.4) is 0 Å². The number of imidazole rings is 2. The van der Waals surface area contributed by atoms with E-state index in [1.807, 2.05) is 0 Å². The first-order chi connectivity index (χ1) is 21.9. The van der Waals surface area contributed by atoms with Gasteiger partial charge in [-0.2, -0.15) is 18.1 Å². The number of nitrogens with zero attached hydrogens (tertiary/aromatic N) is 7. The van der Waals surface area contributed by atoms with Crippen LogP contribution in [-0.2, 0) is 37.6 Å². The second kappa shape index (κ2) is 12.0. The summed E-state index contributed by atoms with van der Waals surface area (Å²) in [5.74, 6) is -1.45. The number of phosphoric acid groups is 1. The molecule has 2 bridgehead atoms. The Kier molecular flexibility index (Phi) is 8.50. The van der Waals surface area contributed by atoms with Crippen molar-refractivity contribution in [2.45, 2.75) is 43.0 Å². The molecule has 7 rings (SSSR count). The third kappa shape index (κ3) is 5.84. The summed E-state index contributed by atoms with van der Waals surface area (Å²) < 4.78 is 86.9. The van der Waals surface area contributed by atoms with E-state index in [0.717, 1.165) is 23.5 Å². The second-order valence-electron chi connectivity index (χ2n) is 10.5. The predicted molar refractivity (Wildman–Crippen MR) is 151 cm³/mol. The average Bonchev–Trinajstić information content (AvgIpc) is 3.75. The number of aromatic amines is 1. The molecule has 9 unspecified atom stereocenters. The topological polar surface area (TPSA) is 347 Å². The molecule has 7 heterocycles. The van der Waals surface area contributed by atoms with E-state index in [2.05, 4.69) is 34.6 Å². The van der Waals surface area contributed by atoms with Gasteiger partial charge in [0.25, 0.3) is 13.4 Å². The maximum absolute atomic E-state index is 15.9. The molecule has 0 radical (unpaired) electrons. The maximum Gasteiger partial charge on any atom is 0.336 e. The van der Waals surface area contributed by atoms with Crippen LogP contribution in [0.4, 0.5) is 16.2 Å². The number of nitrogen functional groups attached to an aromatic ring is 2. The summed E-state index contributed by atoms with van der Waals surface area (Å²) in [5, 5.41) is 10.2. The Bertz CT molecular complexity index is 2030. The lowest BCUT2D eigenvalue weighted by Crippen LogP contribution is -2.46. The molecule has 9 atom stereocenters. The zero-order chi connectivity index (χ0) is 32.5. The van der Waals surface area contributed by atoms with Crippen LogP contribution in [0.2, 0.25) is 0 Å². The summed E-state index contributed by atoms with van der Waals surface area (Å²) >= 11 is 0. The molecule has 47 heavy (non-hydrogen) atoms. The van der Waals surface area contributed by atoms with Crippen LogP contribution >= 0.6 is 7.82 Å². The second-order valence-corrected chi connectivity index (χ2v) is 13.2. The molecule has 0 saturated carbocycles. The lowest BCUT2D eigenvalue weighted by Gasteiger charge is -2.30. The molecule has 3 saturated heterocycles. The molecule has 0 aromatic carbocycles. The van der Waals surface area contributed by atoms with E-state index in [1.165, 1.54) is 4.57 Å². The Labute approximate surface area is 261 Å². The smallest absolute Gasteiger partial charge is 0.336 e. The molecule has 26 heteroatoms. The largest absolute Gasteiger partial charge is 0.756 e. The molecule has 0 spiro atoms. The molecule has 3 aliphatic heterocycles. The van der Waals surface area contributed by atoms with Crippen molar-refractivity contribution >= 4 is 52.2 Å². The zero-order valence-electron chi connectivity index (χ0n) is 23.7. The first-order valence-electron chi connectivity index (χ1n) is 13.4. The summed E-state index contributed by atoms with van der Waals surface area (Å²) in [6.45, 7) is -2.47. The first kappa shape index (κ1) is 33.2. The standard InChI is InChI=1S/C21H25FN11O11PS.H3N/c22-10-14-9(43-19(10)32-5-27-12-15(23)25-4-26-16(12)32)3-41-46(38,39)31-11-7(1-34)8(2-40-45(36,37)44-14)42-20(11)33-6-28-13-17(33)29-21(24)30-18(13)35;/h4-11,14,19-20,31,34H,1-3H2,(H,36,37)(H2,23,25,26)(H3,24,29,30,35);1H3/p-1. The van der Waals surface area contributed by atoms with Crippen LogP contribution in [0.15, 0.2) is 23.8 Å². The highest BCUT2D eigenvalue weighted by Crippen LogP contribution is 2.48. The van der Waals surface area contributed by atoms with Gasteiger partial charge in [-0.1, -0.05) is 0 Å². The van der Waals surface area contributed by atoms with Gasteiger partial charge in [0.05, 0.1) is 44.6 Å². The van der Waals surface area contributed by atoms with Crippen LogP contribution in [-0.4, -0.2) is 103 Å². The van der Waals surface area contributed by atoms with Gasteiger partial charge < -0.3 is 46.1 Å². The number of alkyl halides is 1. The van der Waals surface area contributed by atoms with E-state index in [9.17, 15) is 27.8 Å². The average molecular weight is 706 g/mol. The molecule has 4 aromatic rings. The highest BCUT2D eigenvalue weighted by Gasteiger charge is 2.52. The summed E-state index contributed by atoms with van der Waals surface area (Å²) in [6.07, 6.45) is -6.76. The Balaban J connectivity index is 0.00000386. The minimum absolute atomic E-state index is 0. The number of aromatic nitrogens is 8. The highest BCUT2D eigenvalue weighted by atomic mass is 32.2. The van der Waals surface area contributed by atoms with E-state index in [-0.39, 0.29) is 40.2 Å². The number of H-pyrrole nitrogens is 1. The molecular formula is C21H27FN12O11PS-. The third-order valence-electron chi connectivity index (χ3n) is 7.74. The normalized spacial score (nSPS) is 34.3. The molecule has 0 aliphatic carbocycles. The molecule has 256 valence electrons. The lowest BCUT2D eigenvalue weighted by atomic mass is 9.98. The zero-order valence-corrected chi connectivity index (χ0v) is 25.4. The van der Waals surface area contributed by atoms with Crippen LogP contribution < -0.4 is 32.8 Å². The summed E-state index contributed by atoms with van der Waals surface area (Å²) in [5.41, 5.74) is 10.7. The maximum atomic E-state index is 15.9. The van der Waals surface area contributed by atoms with Crippen LogP contribution in [0.1, 0.15) is 12.5 Å². The van der Waals surface area contributed by atoms with E-state index in [4.69, 9.17) is 34.2 Å². The van der Waals surface area contributed by atoms with Crippen molar-refractivity contribution in [3.63, 3.8) is 0 Å². The molecule has 10 N–H and O–H groups in total. The minimum Gasteiger partial charge on any atom is -0.756 e. The van der Waals surface area contributed by atoms with Crippen molar-refractivity contribution in [1.82, 2.24) is 49.9 Å². The summed E-state index contributed by atoms with van der Waals surface area (Å²) in [6, 6.07) is -1.37. The lowest BCUT2D eigenvalue weighted by molar-refractivity contribution is -0.235. The molecule has 23 nitrogen and oxygen atoms in total. The third-order valence-corrected chi connectivity index (χ3v) is 9.71. The molecule has 4 aromatic heterocycles. The number of rotatable bonds is 3. The van der Waals surface area contributed by atoms with E-state index >= 15 is 4.39 Å². The molecule has 0 amide bonds. The number of ether oxygens (including phenoxy) is 2. The minimum atomic E-state index is -5.37. The molecular weight excluding hydrogens is 678 g/mol. The van der Waals surface area contributed by atoms with Gasteiger partial charge in [0.1, 0.15) is 24.1 Å². The van der Waals surface area contributed by atoms with Gasteiger partial charge in [-0.25, -0.2) is 24.3 Å². The van der Waals surface area contributed by atoms with Crippen molar-refractivity contribution in [3.05, 3.63) is 29.3 Å². The number of hydrogen-bond donors (Lipinski definition) is 6. The number of aliphatic hydroxyl groups excluding tert-OH is 1. The molecule has 3 aliphatic rings. The van der Waals surface area contributed by atoms with Crippen molar-refractivity contribution in [3.8, 4) is 0 Å². The van der Waals surface area contributed by atoms with Gasteiger partial charge in [0.15, 0.2) is 41.3 Å². The fourth-order valence-electron chi connectivity index (χ4n) is 5.65. The highest BCUT2D eigenvalue weighted by molar-refractivity contribution is 7.84. The van der Waals surface area contributed by atoms with E-state index in [1.54, 1.807) is 0 Å². The summed E-state index contributed by atoms with van der Waals surface area (Å²) in [4.78, 5) is 47.5. The van der Waals surface area contributed by atoms with Crippen LogP contribution in [0.5, 0.6) is 0 Å². The predicted octanol–water partition coefficient (Wildman–Crippen LogP) is -2.87. The summed E-state index contributed by atoms with van der Waals surface area (Å²) in [7, 11) is -10.2. The van der Waals surface area contributed by atoms with Crippen molar-refractivity contribution < 1.29 is 50.1 Å². The Morgan fingerprint density at radius 1 is 1.06 bits per heavy atom. The van der Waals surface area contributed by atoms with Gasteiger partial charge >= 0.3 is 10.3 Å². The van der Waals surface area contributed by atoms with Gasteiger partial charge in [0.2, 0.25) is 5.95 Å². The number of phosphoric ester groups is 1. The number of nitrogens with one attached hydrogen (secondary N) is 2. The number of aliphatic hydroxyl groups is 1. The van der Waals surface area contributed by atoms with Gasteiger partial charge in [-0.3, -0.25) is 27.7 Å². The van der Waals surface area contributed by atoms with Crippen LogP contribution in [0, 0.1) is 5.92 Å².